The standard InChI is InChI=1S/C17H21N3O2/c1-13-2-6-15(7-3-13)22-12-16(21)18-8-10-20-11-9-19-17(20)14-4-5-14/h2-3,6-7,9,11,14H,4-5,8,10,12H2,1H3,(H,18,21). The molecular weight excluding hydrogens is 278 g/mol. The van der Waals surface area contributed by atoms with Gasteiger partial charge in [0.2, 0.25) is 0 Å². The molecule has 1 aromatic carbocycles. The van der Waals surface area contributed by atoms with E-state index in [4.69, 9.17) is 4.74 Å². The van der Waals surface area contributed by atoms with Crippen molar-refractivity contribution in [2.75, 3.05) is 13.2 Å². The smallest absolute Gasteiger partial charge is 0.258 e. The number of rotatable bonds is 7. The highest BCUT2D eigenvalue weighted by molar-refractivity contribution is 5.77. The zero-order chi connectivity index (χ0) is 15.4. The minimum absolute atomic E-state index is 0.0441. The Balaban J connectivity index is 1.39. The number of aromatic nitrogens is 2. The molecule has 3 rings (SSSR count). The number of carbonyl (C=O) groups excluding carboxylic acids is 1. The monoisotopic (exact) mass is 299 g/mol. The molecule has 5 heteroatoms. The summed E-state index contributed by atoms with van der Waals surface area (Å²) >= 11 is 0. The van der Waals surface area contributed by atoms with Crippen LogP contribution >= 0.6 is 0 Å². The van der Waals surface area contributed by atoms with Gasteiger partial charge in [0, 0.05) is 31.4 Å². The maximum atomic E-state index is 11.8. The van der Waals surface area contributed by atoms with Crippen molar-refractivity contribution in [1.82, 2.24) is 14.9 Å². The molecule has 1 fully saturated rings. The van der Waals surface area contributed by atoms with Crippen molar-refractivity contribution in [2.45, 2.75) is 32.2 Å². The Hall–Kier alpha value is -2.30. The molecule has 1 aliphatic rings. The van der Waals surface area contributed by atoms with Crippen LogP contribution in [-0.4, -0.2) is 28.6 Å². The van der Waals surface area contributed by atoms with Crippen molar-refractivity contribution < 1.29 is 9.53 Å². The molecule has 0 unspecified atom stereocenters. The van der Waals surface area contributed by atoms with E-state index < -0.39 is 0 Å². The van der Waals surface area contributed by atoms with E-state index in [1.807, 2.05) is 43.6 Å². The van der Waals surface area contributed by atoms with Crippen LogP contribution in [0.5, 0.6) is 5.75 Å². The zero-order valence-corrected chi connectivity index (χ0v) is 12.8. The normalized spacial score (nSPS) is 13.9. The summed E-state index contributed by atoms with van der Waals surface area (Å²) in [4.78, 5) is 16.2. The number of hydrogen-bond acceptors (Lipinski definition) is 3. The first-order valence-electron chi connectivity index (χ1n) is 7.69. The lowest BCUT2D eigenvalue weighted by Crippen LogP contribution is -2.31. The minimum Gasteiger partial charge on any atom is -0.484 e. The lowest BCUT2D eigenvalue weighted by molar-refractivity contribution is -0.123. The third-order valence-electron chi connectivity index (χ3n) is 3.76. The molecule has 0 atom stereocenters. The van der Waals surface area contributed by atoms with Gasteiger partial charge in [-0.05, 0) is 31.9 Å². The minimum atomic E-state index is -0.103. The average Bonchev–Trinajstić information content (AvgIpc) is 3.26. The Morgan fingerprint density at radius 2 is 2.14 bits per heavy atom. The maximum Gasteiger partial charge on any atom is 0.258 e. The van der Waals surface area contributed by atoms with E-state index in [9.17, 15) is 4.79 Å². The van der Waals surface area contributed by atoms with E-state index >= 15 is 0 Å². The quantitative estimate of drug-likeness (QED) is 0.853. The molecule has 1 heterocycles. The number of nitrogens with one attached hydrogen (secondary N) is 1. The number of aryl methyl sites for hydroxylation is 1. The molecule has 1 aliphatic carbocycles. The number of benzene rings is 1. The van der Waals surface area contributed by atoms with Gasteiger partial charge in [0.05, 0.1) is 0 Å². The van der Waals surface area contributed by atoms with Crippen LogP contribution in [0.4, 0.5) is 0 Å². The molecule has 1 N–H and O–H groups in total. The van der Waals surface area contributed by atoms with Gasteiger partial charge in [0.25, 0.3) is 5.91 Å². The second-order valence-electron chi connectivity index (χ2n) is 5.70. The Kier molecular flexibility index (Phi) is 4.42. The molecule has 2 aromatic rings. The van der Waals surface area contributed by atoms with E-state index in [2.05, 4.69) is 14.9 Å². The molecule has 22 heavy (non-hydrogen) atoms. The number of amides is 1. The summed E-state index contributed by atoms with van der Waals surface area (Å²) < 4.78 is 7.58. The van der Waals surface area contributed by atoms with Gasteiger partial charge < -0.3 is 14.6 Å². The Labute approximate surface area is 130 Å². The summed E-state index contributed by atoms with van der Waals surface area (Å²) in [6.45, 7) is 3.40. The van der Waals surface area contributed by atoms with Gasteiger partial charge in [-0.1, -0.05) is 17.7 Å². The zero-order valence-electron chi connectivity index (χ0n) is 12.8. The third-order valence-corrected chi connectivity index (χ3v) is 3.76. The van der Waals surface area contributed by atoms with Crippen molar-refractivity contribution >= 4 is 5.91 Å². The van der Waals surface area contributed by atoms with E-state index in [-0.39, 0.29) is 12.5 Å². The maximum absolute atomic E-state index is 11.8. The van der Waals surface area contributed by atoms with Crippen LogP contribution in [0, 0.1) is 6.92 Å². The van der Waals surface area contributed by atoms with Crippen LogP contribution < -0.4 is 10.1 Å². The number of hydrogen-bond donors (Lipinski definition) is 1. The summed E-state index contributed by atoms with van der Waals surface area (Å²) in [6, 6.07) is 7.67. The van der Waals surface area contributed by atoms with Gasteiger partial charge in [0.15, 0.2) is 6.61 Å². The Morgan fingerprint density at radius 1 is 1.36 bits per heavy atom. The summed E-state index contributed by atoms with van der Waals surface area (Å²) in [5.74, 6) is 2.38. The molecule has 116 valence electrons. The second-order valence-corrected chi connectivity index (χ2v) is 5.70. The summed E-state index contributed by atoms with van der Waals surface area (Å²) in [5.41, 5.74) is 1.17. The first kappa shape index (κ1) is 14.6. The van der Waals surface area contributed by atoms with Crippen molar-refractivity contribution in [2.24, 2.45) is 0 Å². The highest BCUT2D eigenvalue weighted by Gasteiger charge is 2.27. The van der Waals surface area contributed by atoms with Crippen LogP contribution in [0.25, 0.3) is 0 Å². The molecule has 0 spiro atoms. The van der Waals surface area contributed by atoms with Gasteiger partial charge in [-0.15, -0.1) is 0 Å². The van der Waals surface area contributed by atoms with Gasteiger partial charge in [0.1, 0.15) is 11.6 Å². The van der Waals surface area contributed by atoms with Gasteiger partial charge in [-0.3, -0.25) is 4.79 Å². The topological polar surface area (TPSA) is 56.1 Å². The molecular formula is C17H21N3O2. The number of carbonyl (C=O) groups is 1. The number of ether oxygens (including phenoxy) is 1. The summed E-state index contributed by atoms with van der Waals surface area (Å²) in [6.07, 6.45) is 6.26. The highest BCUT2D eigenvalue weighted by atomic mass is 16.5. The molecule has 1 amide bonds. The van der Waals surface area contributed by atoms with Crippen LogP contribution in [0.1, 0.15) is 30.1 Å². The second kappa shape index (κ2) is 6.64. The Bertz CT molecular complexity index is 630. The SMILES string of the molecule is Cc1ccc(OCC(=O)NCCn2ccnc2C2CC2)cc1. The molecule has 1 saturated carbocycles. The Morgan fingerprint density at radius 3 is 2.86 bits per heavy atom. The van der Waals surface area contributed by atoms with Crippen molar-refractivity contribution in [3.05, 3.63) is 48.0 Å². The lowest BCUT2D eigenvalue weighted by Gasteiger charge is -2.09. The fourth-order valence-electron chi connectivity index (χ4n) is 2.36. The fourth-order valence-corrected chi connectivity index (χ4v) is 2.36. The fraction of sp³-hybridized carbons (Fsp3) is 0.412. The molecule has 0 aliphatic heterocycles. The van der Waals surface area contributed by atoms with Crippen LogP contribution in [0.3, 0.4) is 0 Å². The predicted molar refractivity (Wildman–Crippen MR) is 83.9 cm³/mol. The van der Waals surface area contributed by atoms with Gasteiger partial charge in [-0.25, -0.2) is 4.98 Å². The summed E-state index contributed by atoms with van der Waals surface area (Å²) in [5, 5.41) is 2.88. The predicted octanol–water partition coefficient (Wildman–Crippen LogP) is 2.26. The van der Waals surface area contributed by atoms with Crippen molar-refractivity contribution in [3.63, 3.8) is 0 Å². The van der Waals surface area contributed by atoms with Crippen molar-refractivity contribution in [1.29, 1.82) is 0 Å². The molecule has 0 bridgehead atoms. The van der Waals surface area contributed by atoms with Gasteiger partial charge in [-0.2, -0.15) is 0 Å². The van der Waals surface area contributed by atoms with E-state index in [1.54, 1.807) is 0 Å². The average molecular weight is 299 g/mol. The van der Waals surface area contributed by atoms with E-state index in [0.29, 0.717) is 18.2 Å². The molecule has 0 radical (unpaired) electrons. The van der Waals surface area contributed by atoms with E-state index in [0.717, 1.165) is 12.4 Å². The highest BCUT2D eigenvalue weighted by Crippen LogP contribution is 2.38. The summed E-state index contributed by atoms with van der Waals surface area (Å²) in [7, 11) is 0. The van der Waals surface area contributed by atoms with Gasteiger partial charge >= 0.3 is 0 Å². The largest absolute Gasteiger partial charge is 0.484 e. The van der Waals surface area contributed by atoms with Crippen molar-refractivity contribution in [3.8, 4) is 5.75 Å². The van der Waals surface area contributed by atoms with Crippen LogP contribution in [0.15, 0.2) is 36.7 Å². The molecule has 5 nitrogen and oxygen atoms in total. The number of imidazole rings is 1. The van der Waals surface area contributed by atoms with Crippen LogP contribution in [-0.2, 0) is 11.3 Å². The molecule has 1 aromatic heterocycles. The first-order valence-corrected chi connectivity index (χ1v) is 7.69. The lowest BCUT2D eigenvalue weighted by atomic mass is 10.2. The van der Waals surface area contributed by atoms with E-state index in [1.165, 1.54) is 18.4 Å². The molecule has 0 saturated heterocycles. The van der Waals surface area contributed by atoms with Crippen LogP contribution in [0.2, 0.25) is 0 Å². The number of nitrogens with zero attached hydrogens (tertiary/aromatic N) is 2. The third kappa shape index (κ3) is 3.87. The first-order chi connectivity index (χ1) is 10.7.